The molecular weight excluding hydrogens is 383 g/mol. The zero-order valence-electron chi connectivity index (χ0n) is 14.0. The van der Waals surface area contributed by atoms with Crippen molar-refractivity contribution in [2.24, 2.45) is 0 Å². The molecule has 0 N–H and O–H groups in total. The lowest BCUT2D eigenvalue weighted by molar-refractivity contribution is -0.00369. The third kappa shape index (κ3) is 4.46. The van der Waals surface area contributed by atoms with E-state index in [1.165, 1.54) is 11.1 Å². The number of amides is 2. The zero-order valence-corrected chi connectivity index (χ0v) is 16.2. The molecule has 0 saturated carbocycles. The highest BCUT2D eigenvalue weighted by Gasteiger charge is 2.36. The molecule has 0 aliphatic heterocycles. The lowest BCUT2D eigenvalue weighted by Crippen LogP contribution is -2.54. The molecule has 0 radical (unpaired) electrons. The van der Waals surface area contributed by atoms with Crippen LogP contribution in [-0.4, -0.2) is 26.9 Å². The third-order valence-corrected chi connectivity index (χ3v) is 4.22. The predicted octanol–water partition coefficient (Wildman–Crippen LogP) is 5.45. The summed E-state index contributed by atoms with van der Waals surface area (Å²) in [5.41, 5.74) is -0.251. The van der Waals surface area contributed by atoms with Gasteiger partial charge < -0.3 is 0 Å². The largest absolute Gasteiger partial charge is 0.287 e. The Hall–Kier alpha value is -1.75. The minimum absolute atomic E-state index is 0.253. The van der Waals surface area contributed by atoms with E-state index in [4.69, 9.17) is 35.0 Å². The number of benzene rings is 2. The number of nitrogens with zero attached hydrogens (tertiary/aromatic N) is 2. The molecule has 7 heteroatoms. The molecule has 0 aromatic heterocycles. The van der Waals surface area contributed by atoms with Crippen molar-refractivity contribution in [1.29, 1.82) is 0 Å². The van der Waals surface area contributed by atoms with E-state index in [-0.39, 0.29) is 16.1 Å². The fourth-order valence-electron chi connectivity index (χ4n) is 2.22. The van der Waals surface area contributed by atoms with E-state index in [1.54, 1.807) is 63.2 Å². The van der Waals surface area contributed by atoms with Crippen LogP contribution in [0, 0.1) is 0 Å². The number of hydrogen-bond donors (Lipinski definition) is 0. The Balaban J connectivity index is 2.42. The molecular formula is C18H17Cl3N2O2. The van der Waals surface area contributed by atoms with Gasteiger partial charge in [-0.05, 0) is 51.1 Å². The molecule has 2 amide bonds. The summed E-state index contributed by atoms with van der Waals surface area (Å²) in [6.45, 7) is 5.30. The highest BCUT2D eigenvalue weighted by Crippen LogP contribution is 2.27. The third-order valence-electron chi connectivity index (χ3n) is 3.35. The molecule has 0 aliphatic rings. The second-order valence-corrected chi connectivity index (χ2v) is 7.51. The van der Waals surface area contributed by atoms with E-state index >= 15 is 0 Å². The molecule has 25 heavy (non-hydrogen) atoms. The molecule has 0 atom stereocenters. The van der Waals surface area contributed by atoms with Crippen LogP contribution >= 0.6 is 35.0 Å². The topological polar surface area (TPSA) is 40.6 Å². The second-order valence-electron chi connectivity index (χ2n) is 6.34. The molecule has 0 unspecified atom stereocenters. The van der Waals surface area contributed by atoms with Gasteiger partial charge >= 0.3 is 0 Å². The van der Waals surface area contributed by atoms with Gasteiger partial charge in [-0.1, -0.05) is 41.4 Å². The fourth-order valence-corrected chi connectivity index (χ4v) is 3.02. The van der Waals surface area contributed by atoms with E-state index in [9.17, 15) is 9.59 Å². The molecule has 0 heterocycles. The molecule has 2 aromatic carbocycles. The smallest absolute Gasteiger partial charge is 0.267 e. The summed E-state index contributed by atoms with van der Waals surface area (Å²) in [5, 5.41) is 1.84. The Bertz CT molecular complexity index is 803. The minimum atomic E-state index is -0.772. The molecule has 0 aliphatic carbocycles. The van der Waals surface area contributed by atoms with Crippen LogP contribution in [0.2, 0.25) is 10.0 Å². The summed E-state index contributed by atoms with van der Waals surface area (Å²) in [6.07, 6.45) is 0. The minimum Gasteiger partial charge on any atom is -0.267 e. The predicted molar refractivity (Wildman–Crippen MR) is 101 cm³/mol. The Morgan fingerprint density at radius 1 is 0.920 bits per heavy atom. The SMILES string of the molecule is CC(C)(C)N(C(=O)c1ccccc1Cl)N(Cl)C(=O)c1cccc(Cl)c1. The van der Waals surface area contributed by atoms with E-state index < -0.39 is 17.4 Å². The number of carbonyl (C=O) groups is 2. The van der Waals surface area contributed by atoms with Crippen LogP contribution in [-0.2, 0) is 0 Å². The van der Waals surface area contributed by atoms with E-state index in [2.05, 4.69) is 0 Å². The fraction of sp³-hybridized carbons (Fsp3) is 0.222. The van der Waals surface area contributed by atoms with Gasteiger partial charge in [-0.15, -0.1) is 0 Å². The highest BCUT2D eigenvalue weighted by atomic mass is 35.5. The molecule has 2 aromatic rings. The van der Waals surface area contributed by atoms with Crippen LogP contribution in [0.4, 0.5) is 0 Å². The van der Waals surface area contributed by atoms with E-state index in [1.807, 2.05) is 0 Å². The van der Waals surface area contributed by atoms with Gasteiger partial charge in [0.15, 0.2) is 0 Å². The van der Waals surface area contributed by atoms with Gasteiger partial charge in [-0.25, -0.2) is 5.01 Å². The van der Waals surface area contributed by atoms with Crippen molar-refractivity contribution < 1.29 is 9.59 Å². The molecule has 132 valence electrons. The van der Waals surface area contributed by atoms with Gasteiger partial charge in [0.1, 0.15) is 0 Å². The number of halogens is 3. The Kier molecular flexibility index (Phi) is 5.99. The Morgan fingerprint density at radius 2 is 1.56 bits per heavy atom. The van der Waals surface area contributed by atoms with Gasteiger partial charge in [0.2, 0.25) is 0 Å². The van der Waals surface area contributed by atoms with Crippen molar-refractivity contribution in [2.75, 3.05) is 0 Å². The first kappa shape index (κ1) is 19.6. The van der Waals surface area contributed by atoms with Crippen molar-refractivity contribution >= 4 is 46.8 Å². The lowest BCUT2D eigenvalue weighted by atomic mass is 10.1. The van der Waals surface area contributed by atoms with Crippen LogP contribution in [0.25, 0.3) is 0 Å². The normalized spacial score (nSPS) is 11.1. The summed E-state index contributed by atoms with van der Waals surface area (Å²) in [6, 6.07) is 12.9. The van der Waals surface area contributed by atoms with Gasteiger partial charge in [0.25, 0.3) is 11.8 Å². The van der Waals surface area contributed by atoms with Crippen molar-refractivity contribution in [3.05, 3.63) is 69.7 Å². The molecule has 0 saturated heterocycles. The number of carbonyl (C=O) groups excluding carboxylic acids is 2. The van der Waals surface area contributed by atoms with Gasteiger partial charge in [-0.2, -0.15) is 4.53 Å². The van der Waals surface area contributed by atoms with Crippen molar-refractivity contribution in [1.82, 2.24) is 9.54 Å². The Morgan fingerprint density at radius 3 is 2.12 bits per heavy atom. The first-order valence-corrected chi connectivity index (χ1v) is 8.57. The molecule has 4 nitrogen and oxygen atoms in total. The van der Waals surface area contributed by atoms with Crippen molar-refractivity contribution in [3.63, 3.8) is 0 Å². The standard InChI is InChI=1S/C18H17Cl3N2O2/c1-18(2,3)22(17(25)14-9-4-5-10-15(14)20)23(21)16(24)12-7-6-8-13(19)11-12/h4-11H,1-3H3. The number of rotatable bonds is 2. The van der Waals surface area contributed by atoms with Crippen LogP contribution in [0.1, 0.15) is 41.5 Å². The Labute approximate surface area is 162 Å². The van der Waals surface area contributed by atoms with Crippen molar-refractivity contribution in [3.8, 4) is 0 Å². The average molecular weight is 400 g/mol. The lowest BCUT2D eigenvalue weighted by Gasteiger charge is -2.39. The van der Waals surface area contributed by atoms with E-state index in [0.717, 1.165) is 4.53 Å². The van der Waals surface area contributed by atoms with Crippen LogP contribution in [0.5, 0.6) is 0 Å². The summed E-state index contributed by atoms with van der Waals surface area (Å²) in [4.78, 5) is 25.7. The number of hydrazine groups is 1. The summed E-state index contributed by atoms with van der Waals surface area (Å²) in [7, 11) is 0. The van der Waals surface area contributed by atoms with E-state index in [0.29, 0.717) is 5.02 Å². The maximum Gasteiger partial charge on any atom is 0.287 e. The van der Waals surface area contributed by atoms with Crippen LogP contribution in [0.3, 0.4) is 0 Å². The average Bonchev–Trinajstić information content (AvgIpc) is 2.53. The van der Waals surface area contributed by atoms with Gasteiger partial charge in [0, 0.05) is 22.4 Å². The van der Waals surface area contributed by atoms with Crippen molar-refractivity contribution in [2.45, 2.75) is 26.3 Å². The molecule has 0 fully saturated rings. The zero-order chi connectivity index (χ0) is 18.8. The summed E-state index contributed by atoms with van der Waals surface area (Å²) < 4.78 is 0.775. The summed E-state index contributed by atoms with van der Waals surface area (Å²) in [5.74, 6) is -1.05. The maximum absolute atomic E-state index is 13.0. The molecule has 2 rings (SSSR count). The monoisotopic (exact) mass is 398 g/mol. The highest BCUT2D eigenvalue weighted by molar-refractivity contribution is 6.34. The maximum atomic E-state index is 13.0. The van der Waals surface area contributed by atoms with Gasteiger partial charge in [-0.3, -0.25) is 9.59 Å². The molecule has 0 bridgehead atoms. The first-order chi connectivity index (χ1) is 11.6. The van der Waals surface area contributed by atoms with Crippen LogP contribution < -0.4 is 0 Å². The van der Waals surface area contributed by atoms with Gasteiger partial charge in [0.05, 0.1) is 16.1 Å². The first-order valence-electron chi connectivity index (χ1n) is 7.47. The second kappa shape index (κ2) is 7.65. The molecule has 0 spiro atoms. The quantitative estimate of drug-likeness (QED) is 0.498. The number of hydrogen-bond acceptors (Lipinski definition) is 2. The summed E-state index contributed by atoms with van der Waals surface area (Å²) >= 11 is 18.3. The van der Waals surface area contributed by atoms with Crippen LogP contribution in [0.15, 0.2) is 48.5 Å².